The third kappa shape index (κ3) is 4.12. The second-order valence-electron chi connectivity index (χ2n) is 7.29. The summed E-state index contributed by atoms with van der Waals surface area (Å²) >= 11 is 6.37. The van der Waals surface area contributed by atoms with Crippen molar-refractivity contribution in [2.45, 2.75) is 33.2 Å². The smallest absolute Gasteiger partial charge is 0.343 e. The fourth-order valence-electron chi connectivity index (χ4n) is 3.27. The average molecular weight is 430 g/mol. The molecule has 0 saturated heterocycles. The molecule has 0 aliphatic carbocycles. The van der Waals surface area contributed by atoms with E-state index in [2.05, 4.69) is 0 Å². The fourth-order valence-corrected chi connectivity index (χ4v) is 3.50. The first kappa shape index (κ1) is 22.0. The summed E-state index contributed by atoms with van der Waals surface area (Å²) in [6.45, 7) is 7.44. The van der Waals surface area contributed by atoms with Gasteiger partial charge in [-0.3, -0.25) is 4.79 Å². The average Bonchev–Trinajstić information content (AvgIpc) is 2.89. The Morgan fingerprint density at radius 1 is 1.10 bits per heavy atom. The van der Waals surface area contributed by atoms with Crippen LogP contribution in [0, 0.1) is 6.92 Å². The van der Waals surface area contributed by atoms with E-state index in [1.807, 2.05) is 26.0 Å². The molecule has 158 valence electrons. The van der Waals surface area contributed by atoms with Crippen molar-refractivity contribution in [1.29, 1.82) is 0 Å². The SMILES string of the molecule is CCOCON1C(=O)C(c2ccccc2Cl)=C(OC(=O)c2ccccc2C)C1(C)C. The van der Waals surface area contributed by atoms with Gasteiger partial charge < -0.3 is 9.47 Å². The van der Waals surface area contributed by atoms with Crippen molar-refractivity contribution in [2.75, 3.05) is 13.4 Å². The van der Waals surface area contributed by atoms with Crippen LogP contribution in [-0.2, 0) is 19.1 Å². The first-order valence-corrected chi connectivity index (χ1v) is 9.99. The topological polar surface area (TPSA) is 65.1 Å². The lowest BCUT2D eigenvalue weighted by atomic mass is 9.99. The van der Waals surface area contributed by atoms with Crippen molar-refractivity contribution in [2.24, 2.45) is 0 Å². The molecule has 1 heterocycles. The van der Waals surface area contributed by atoms with Gasteiger partial charge in [0.25, 0.3) is 5.91 Å². The highest BCUT2D eigenvalue weighted by Gasteiger charge is 2.50. The monoisotopic (exact) mass is 429 g/mol. The summed E-state index contributed by atoms with van der Waals surface area (Å²) < 4.78 is 11.1. The molecule has 3 rings (SSSR count). The first-order valence-electron chi connectivity index (χ1n) is 9.61. The van der Waals surface area contributed by atoms with Crippen molar-refractivity contribution in [3.8, 4) is 0 Å². The van der Waals surface area contributed by atoms with Gasteiger partial charge in [-0.25, -0.2) is 14.7 Å². The minimum atomic E-state index is -1.07. The number of esters is 1. The molecule has 0 N–H and O–H groups in total. The van der Waals surface area contributed by atoms with Gasteiger partial charge in [0.05, 0.1) is 11.1 Å². The zero-order valence-corrected chi connectivity index (χ0v) is 18.2. The third-order valence-corrected chi connectivity index (χ3v) is 5.19. The number of hydrogen-bond acceptors (Lipinski definition) is 5. The van der Waals surface area contributed by atoms with Gasteiger partial charge in [0.2, 0.25) is 0 Å². The quantitative estimate of drug-likeness (QED) is 0.360. The highest BCUT2D eigenvalue weighted by molar-refractivity contribution is 6.35. The Bertz CT molecular complexity index is 999. The van der Waals surface area contributed by atoms with E-state index in [4.69, 9.17) is 25.9 Å². The number of benzene rings is 2. The maximum absolute atomic E-state index is 13.3. The maximum atomic E-state index is 13.3. The van der Waals surface area contributed by atoms with Crippen LogP contribution in [0.15, 0.2) is 54.3 Å². The molecule has 0 radical (unpaired) electrons. The van der Waals surface area contributed by atoms with Crippen LogP contribution in [0.1, 0.15) is 42.3 Å². The minimum absolute atomic E-state index is 0.111. The summed E-state index contributed by atoms with van der Waals surface area (Å²) in [7, 11) is 0. The molecule has 30 heavy (non-hydrogen) atoms. The second-order valence-corrected chi connectivity index (χ2v) is 7.69. The number of amides is 1. The Balaban J connectivity index is 2.07. The molecule has 0 saturated carbocycles. The number of hydroxylamine groups is 2. The molecule has 1 amide bonds. The standard InChI is InChI=1S/C23H24ClNO5/c1-5-28-14-29-25-21(26)19(17-12-8-9-13-18(17)24)20(23(25,3)4)30-22(27)16-11-7-6-10-15(16)2/h6-13H,5,14H2,1-4H3. The van der Waals surface area contributed by atoms with Gasteiger partial charge in [0.15, 0.2) is 6.79 Å². The Morgan fingerprint density at radius 2 is 1.77 bits per heavy atom. The number of carbonyl (C=O) groups is 2. The maximum Gasteiger partial charge on any atom is 0.343 e. The Hall–Kier alpha value is -2.67. The largest absolute Gasteiger partial charge is 0.424 e. The highest BCUT2D eigenvalue weighted by Crippen LogP contribution is 2.43. The van der Waals surface area contributed by atoms with Gasteiger partial charge in [-0.15, -0.1) is 0 Å². The van der Waals surface area contributed by atoms with E-state index in [1.165, 1.54) is 5.06 Å². The van der Waals surface area contributed by atoms with Gasteiger partial charge in [-0.2, -0.15) is 0 Å². The van der Waals surface area contributed by atoms with Gasteiger partial charge in [-0.1, -0.05) is 48.0 Å². The molecule has 1 aliphatic heterocycles. The normalized spacial score (nSPS) is 15.6. The number of aryl methyl sites for hydroxylation is 1. The third-order valence-electron chi connectivity index (χ3n) is 4.86. The zero-order chi connectivity index (χ0) is 21.9. The molecule has 7 heteroatoms. The molecule has 0 unspecified atom stereocenters. The van der Waals surface area contributed by atoms with Crippen LogP contribution in [0.25, 0.3) is 5.57 Å². The summed E-state index contributed by atoms with van der Waals surface area (Å²) in [5.41, 5.74) is 0.770. The predicted molar refractivity (Wildman–Crippen MR) is 113 cm³/mol. The van der Waals surface area contributed by atoms with Crippen LogP contribution in [0.4, 0.5) is 0 Å². The summed E-state index contributed by atoms with van der Waals surface area (Å²) in [6, 6.07) is 14.0. The Morgan fingerprint density at radius 3 is 2.43 bits per heavy atom. The summed E-state index contributed by atoms with van der Waals surface area (Å²) in [4.78, 5) is 31.9. The zero-order valence-electron chi connectivity index (χ0n) is 17.4. The van der Waals surface area contributed by atoms with Gasteiger partial charge in [0.1, 0.15) is 11.3 Å². The van der Waals surface area contributed by atoms with Crippen LogP contribution in [0.2, 0.25) is 5.02 Å². The van der Waals surface area contributed by atoms with Crippen molar-refractivity contribution in [3.63, 3.8) is 0 Å². The molecule has 0 atom stereocenters. The van der Waals surface area contributed by atoms with Crippen molar-refractivity contribution < 1.29 is 23.9 Å². The van der Waals surface area contributed by atoms with Crippen LogP contribution in [-0.4, -0.2) is 35.9 Å². The van der Waals surface area contributed by atoms with Gasteiger partial charge >= 0.3 is 5.97 Å². The first-order chi connectivity index (χ1) is 14.3. The van der Waals surface area contributed by atoms with Crippen LogP contribution >= 0.6 is 11.6 Å². The molecule has 0 fully saturated rings. The lowest BCUT2D eigenvalue weighted by Crippen LogP contribution is -2.44. The fraction of sp³-hybridized carbons (Fsp3) is 0.304. The molecule has 2 aromatic rings. The van der Waals surface area contributed by atoms with Gasteiger partial charge in [-0.05, 0) is 45.4 Å². The molecule has 0 aromatic heterocycles. The molecular formula is C23H24ClNO5. The van der Waals surface area contributed by atoms with Crippen LogP contribution < -0.4 is 0 Å². The van der Waals surface area contributed by atoms with Crippen LogP contribution in [0.3, 0.4) is 0 Å². The van der Waals surface area contributed by atoms with E-state index < -0.39 is 17.4 Å². The van der Waals surface area contributed by atoms with Gasteiger partial charge in [0, 0.05) is 17.2 Å². The minimum Gasteiger partial charge on any atom is -0.424 e. The molecular weight excluding hydrogens is 406 g/mol. The Kier molecular flexibility index (Phi) is 6.61. The van der Waals surface area contributed by atoms with E-state index in [9.17, 15) is 9.59 Å². The molecule has 0 spiro atoms. The van der Waals surface area contributed by atoms with Crippen LogP contribution in [0.5, 0.6) is 0 Å². The van der Waals surface area contributed by atoms with E-state index in [-0.39, 0.29) is 18.1 Å². The molecule has 2 aromatic carbocycles. The lowest BCUT2D eigenvalue weighted by Gasteiger charge is -2.31. The summed E-state index contributed by atoms with van der Waals surface area (Å²) in [5.74, 6) is -0.842. The number of carbonyl (C=O) groups excluding carboxylic acids is 2. The highest BCUT2D eigenvalue weighted by atomic mass is 35.5. The predicted octanol–water partition coefficient (Wildman–Crippen LogP) is 4.76. The number of halogens is 1. The second kappa shape index (κ2) is 9.00. The Labute approximate surface area is 180 Å². The molecule has 6 nitrogen and oxygen atoms in total. The van der Waals surface area contributed by atoms with Crippen molar-refractivity contribution in [3.05, 3.63) is 76.0 Å². The number of rotatable bonds is 7. The van der Waals surface area contributed by atoms with Crippen molar-refractivity contribution >= 4 is 29.1 Å². The molecule has 0 bridgehead atoms. The number of hydrogen-bond donors (Lipinski definition) is 0. The summed E-state index contributed by atoms with van der Waals surface area (Å²) in [5, 5.41) is 1.54. The number of ether oxygens (including phenoxy) is 2. The lowest BCUT2D eigenvalue weighted by molar-refractivity contribution is -0.242. The van der Waals surface area contributed by atoms with E-state index in [0.29, 0.717) is 22.8 Å². The van der Waals surface area contributed by atoms with E-state index in [1.54, 1.807) is 50.2 Å². The number of nitrogens with zero attached hydrogens (tertiary/aromatic N) is 1. The van der Waals surface area contributed by atoms with Crippen molar-refractivity contribution in [1.82, 2.24) is 5.06 Å². The van der Waals surface area contributed by atoms with E-state index >= 15 is 0 Å². The molecule has 1 aliphatic rings. The van der Waals surface area contributed by atoms with E-state index in [0.717, 1.165) is 5.56 Å². The summed E-state index contributed by atoms with van der Waals surface area (Å²) in [6.07, 6.45) is 0.